The first-order valence-electron chi connectivity index (χ1n) is 7.81. The van der Waals surface area contributed by atoms with E-state index in [1.54, 1.807) is 43.6 Å². The number of halogens is 1. The Hall–Kier alpha value is -3.15. The van der Waals surface area contributed by atoms with Gasteiger partial charge in [-0.05, 0) is 48.9 Å². The molecule has 1 unspecified atom stereocenters. The lowest BCUT2D eigenvalue weighted by Gasteiger charge is -2.15. The average molecular weight is 340 g/mol. The fourth-order valence-corrected chi connectivity index (χ4v) is 2.26. The van der Waals surface area contributed by atoms with Gasteiger partial charge >= 0.3 is 0 Å². The van der Waals surface area contributed by atoms with E-state index in [2.05, 4.69) is 10.3 Å². The molecular weight excluding hydrogens is 323 g/mol. The number of hydrogen-bond donors (Lipinski definition) is 1. The molecular formula is C19H17FN2O3. The van der Waals surface area contributed by atoms with E-state index in [1.165, 1.54) is 12.1 Å². The fraction of sp³-hybridized carbons (Fsp3) is 0.158. The van der Waals surface area contributed by atoms with Crippen LogP contribution in [0.15, 0.2) is 65.4 Å². The van der Waals surface area contributed by atoms with Gasteiger partial charge in [0.15, 0.2) is 23.4 Å². The lowest BCUT2D eigenvalue weighted by Crippen LogP contribution is -2.36. The Balaban J connectivity index is 1.59. The summed E-state index contributed by atoms with van der Waals surface area (Å²) in [6.45, 7) is 1.88. The zero-order valence-corrected chi connectivity index (χ0v) is 13.6. The molecule has 0 saturated heterocycles. The molecule has 1 aromatic carbocycles. The monoisotopic (exact) mass is 340 g/mol. The summed E-state index contributed by atoms with van der Waals surface area (Å²) in [5.41, 5.74) is 1.56. The standard InChI is InChI=1S/C19H17FN2O3/c1-13(25-17-6-3-2-5-15(17)20)19(23)22-12-14-8-9-21-16(11-14)18-7-4-10-24-18/h2-11,13H,12H2,1H3,(H,22,23). The van der Waals surface area contributed by atoms with E-state index in [0.29, 0.717) is 18.0 Å². The van der Waals surface area contributed by atoms with Crippen molar-refractivity contribution in [1.29, 1.82) is 0 Å². The zero-order valence-electron chi connectivity index (χ0n) is 13.6. The van der Waals surface area contributed by atoms with Crippen molar-refractivity contribution < 1.29 is 18.3 Å². The van der Waals surface area contributed by atoms with Gasteiger partial charge in [0.1, 0.15) is 5.69 Å². The third-order valence-electron chi connectivity index (χ3n) is 3.57. The molecule has 128 valence electrons. The molecule has 6 heteroatoms. The largest absolute Gasteiger partial charge is 0.478 e. The van der Waals surface area contributed by atoms with Crippen LogP contribution in [0.3, 0.4) is 0 Å². The van der Waals surface area contributed by atoms with Crippen molar-refractivity contribution >= 4 is 5.91 Å². The van der Waals surface area contributed by atoms with Crippen LogP contribution in [0, 0.1) is 5.82 Å². The van der Waals surface area contributed by atoms with Gasteiger partial charge in [0.2, 0.25) is 0 Å². The van der Waals surface area contributed by atoms with Crippen molar-refractivity contribution in [2.24, 2.45) is 0 Å². The zero-order chi connectivity index (χ0) is 17.6. The van der Waals surface area contributed by atoms with Gasteiger partial charge in [0, 0.05) is 12.7 Å². The first-order chi connectivity index (χ1) is 12.1. The number of nitrogens with one attached hydrogen (secondary N) is 1. The van der Waals surface area contributed by atoms with E-state index < -0.39 is 11.9 Å². The van der Waals surface area contributed by atoms with Gasteiger partial charge in [-0.3, -0.25) is 9.78 Å². The van der Waals surface area contributed by atoms with Crippen molar-refractivity contribution in [2.75, 3.05) is 0 Å². The summed E-state index contributed by atoms with van der Waals surface area (Å²) in [6, 6.07) is 13.2. The molecule has 0 aliphatic heterocycles. The van der Waals surface area contributed by atoms with Crippen LogP contribution in [0.4, 0.5) is 4.39 Å². The molecule has 25 heavy (non-hydrogen) atoms. The Morgan fingerprint density at radius 2 is 2.12 bits per heavy atom. The Labute approximate surface area is 144 Å². The molecule has 1 N–H and O–H groups in total. The number of para-hydroxylation sites is 1. The van der Waals surface area contributed by atoms with Crippen molar-refractivity contribution in [3.63, 3.8) is 0 Å². The van der Waals surface area contributed by atoms with Crippen LogP contribution < -0.4 is 10.1 Å². The van der Waals surface area contributed by atoms with Crippen molar-refractivity contribution in [3.8, 4) is 17.2 Å². The minimum atomic E-state index is -0.816. The molecule has 0 radical (unpaired) electrons. The highest BCUT2D eigenvalue weighted by Gasteiger charge is 2.16. The summed E-state index contributed by atoms with van der Waals surface area (Å²) in [5.74, 6) is -0.127. The van der Waals surface area contributed by atoms with Gasteiger partial charge in [-0.25, -0.2) is 4.39 Å². The minimum Gasteiger partial charge on any atom is -0.478 e. The lowest BCUT2D eigenvalue weighted by atomic mass is 10.2. The second-order valence-electron chi connectivity index (χ2n) is 5.43. The summed E-state index contributed by atoms with van der Waals surface area (Å²) in [4.78, 5) is 16.4. The molecule has 5 nitrogen and oxygen atoms in total. The highest BCUT2D eigenvalue weighted by atomic mass is 19.1. The fourth-order valence-electron chi connectivity index (χ4n) is 2.26. The first-order valence-corrected chi connectivity index (χ1v) is 7.81. The van der Waals surface area contributed by atoms with Crippen LogP contribution >= 0.6 is 0 Å². The van der Waals surface area contributed by atoms with E-state index in [9.17, 15) is 9.18 Å². The van der Waals surface area contributed by atoms with Crippen LogP contribution in [0.5, 0.6) is 5.75 Å². The molecule has 1 amide bonds. The highest BCUT2D eigenvalue weighted by Crippen LogP contribution is 2.19. The van der Waals surface area contributed by atoms with E-state index in [-0.39, 0.29) is 11.7 Å². The van der Waals surface area contributed by atoms with E-state index in [4.69, 9.17) is 9.15 Å². The maximum absolute atomic E-state index is 13.6. The predicted octanol–water partition coefficient (Wildman–Crippen LogP) is 3.56. The highest BCUT2D eigenvalue weighted by molar-refractivity contribution is 5.80. The quantitative estimate of drug-likeness (QED) is 0.745. The summed E-state index contributed by atoms with van der Waals surface area (Å²) < 4.78 is 24.2. The van der Waals surface area contributed by atoms with Crippen molar-refractivity contribution in [3.05, 3.63) is 72.4 Å². The van der Waals surface area contributed by atoms with Crippen LogP contribution in [-0.4, -0.2) is 17.0 Å². The maximum atomic E-state index is 13.6. The smallest absolute Gasteiger partial charge is 0.261 e. The molecule has 1 atom stereocenters. The first kappa shape index (κ1) is 16.7. The second-order valence-corrected chi connectivity index (χ2v) is 5.43. The molecule has 0 saturated carbocycles. The number of furan rings is 1. The van der Waals surface area contributed by atoms with Crippen molar-refractivity contribution in [1.82, 2.24) is 10.3 Å². The van der Waals surface area contributed by atoms with Gasteiger partial charge in [-0.1, -0.05) is 12.1 Å². The predicted molar refractivity (Wildman–Crippen MR) is 90.3 cm³/mol. The van der Waals surface area contributed by atoms with E-state index in [0.717, 1.165) is 5.56 Å². The SMILES string of the molecule is CC(Oc1ccccc1F)C(=O)NCc1ccnc(-c2ccco2)c1. The number of aromatic nitrogens is 1. The van der Waals surface area contributed by atoms with Crippen LogP contribution in [-0.2, 0) is 11.3 Å². The summed E-state index contributed by atoms with van der Waals surface area (Å²) in [7, 11) is 0. The molecule has 3 rings (SSSR count). The van der Waals surface area contributed by atoms with Gasteiger partial charge in [-0.2, -0.15) is 0 Å². The topological polar surface area (TPSA) is 64.4 Å². The second kappa shape index (κ2) is 7.61. The van der Waals surface area contributed by atoms with Crippen LogP contribution in [0.2, 0.25) is 0 Å². The minimum absolute atomic E-state index is 0.0502. The van der Waals surface area contributed by atoms with Crippen LogP contribution in [0.1, 0.15) is 12.5 Å². The van der Waals surface area contributed by atoms with Gasteiger partial charge < -0.3 is 14.5 Å². The summed E-state index contributed by atoms with van der Waals surface area (Å²) in [6.07, 6.45) is 2.41. The van der Waals surface area contributed by atoms with Gasteiger partial charge in [-0.15, -0.1) is 0 Å². The number of carbonyl (C=O) groups is 1. The summed E-state index contributed by atoms with van der Waals surface area (Å²) >= 11 is 0. The molecule has 2 heterocycles. The number of hydrogen-bond acceptors (Lipinski definition) is 4. The normalized spacial score (nSPS) is 11.8. The average Bonchev–Trinajstić information content (AvgIpc) is 3.16. The van der Waals surface area contributed by atoms with Gasteiger partial charge in [0.25, 0.3) is 5.91 Å². The number of benzene rings is 1. The number of pyridine rings is 1. The molecule has 0 fully saturated rings. The third-order valence-corrected chi connectivity index (χ3v) is 3.57. The van der Waals surface area contributed by atoms with Crippen molar-refractivity contribution in [2.45, 2.75) is 19.6 Å². The summed E-state index contributed by atoms with van der Waals surface area (Å²) in [5, 5.41) is 2.77. The number of amides is 1. The molecule has 3 aromatic rings. The number of carbonyl (C=O) groups excluding carboxylic acids is 1. The van der Waals surface area contributed by atoms with Crippen LogP contribution in [0.25, 0.3) is 11.5 Å². The molecule has 0 aliphatic carbocycles. The number of ether oxygens (including phenoxy) is 1. The lowest BCUT2D eigenvalue weighted by molar-refractivity contribution is -0.127. The number of rotatable bonds is 6. The van der Waals surface area contributed by atoms with E-state index >= 15 is 0 Å². The third kappa shape index (κ3) is 4.23. The van der Waals surface area contributed by atoms with Gasteiger partial charge in [0.05, 0.1) is 6.26 Å². The Kier molecular flexibility index (Phi) is 5.09. The maximum Gasteiger partial charge on any atom is 0.261 e. The van der Waals surface area contributed by atoms with E-state index in [1.807, 2.05) is 12.1 Å². The molecule has 2 aromatic heterocycles. The molecule has 0 spiro atoms. The molecule has 0 aliphatic rings. The molecule has 0 bridgehead atoms. The Morgan fingerprint density at radius 3 is 2.88 bits per heavy atom. The Morgan fingerprint density at radius 1 is 1.28 bits per heavy atom. The number of nitrogens with zero attached hydrogens (tertiary/aromatic N) is 1. The Bertz CT molecular complexity index is 849.